The first-order chi connectivity index (χ1) is 10.0. The average molecular weight is 355 g/mol. The molecule has 1 aromatic carbocycles. The van der Waals surface area contributed by atoms with Gasteiger partial charge in [-0.2, -0.15) is 0 Å². The topological polar surface area (TPSA) is 75.7 Å². The van der Waals surface area contributed by atoms with Crippen molar-refractivity contribution in [1.82, 2.24) is 5.32 Å². The van der Waals surface area contributed by atoms with Crippen molar-refractivity contribution in [3.63, 3.8) is 0 Å². The van der Waals surface area contributed by atoms with E-state index < -0.39 is 11.9 Å². The number of hydrogen-bond acceptors (Lipinski definition) is 4. The zero-order valence-electron chi connectivity index (χ0n) is 11.5. The number of benzene rings is 1. The highest BCUT2D eigenvalue weighted by molar-refractivity contribution is 9.10. The Morgan fingerprint density at radius 1 is 1.43 bits per heavy atom. The summed E-state index contributed by atoms with van der Waals surface area (Å²) in [4.78, 5) is 36.6. The number of nitrogens with one attached hydrogen (secondary N) is 1. The van der Waals surface area contributed by atoms with Gasteiger partial charge in [-0.25, -0.2) is 0 Å². The number of rotatable bonds is 4. The van der Waals surface area contributed by atoms with Gasteiger partial charge < -0.3 is 15.0 Å². The maximum Gasteiger partial charge on any atom is 0.325 e. The molecule has 1 saturated heterocycles. The Kier molecular flexibility index (Phi) is 4.95. The van der Waals surface area contributed by atoms with Gasteiger partial charge in [0.25, 0.3) is 0 Å². The molecule has 7 heteroatoms. The van der Waals surface area contributed by atoms with Gasteiger partial charge in [0.2, 0.25) is 11.8 Å². The van der Waals surface area contributed by atoms with Gasteiger partial charge in [0, 0.05) is 17.4 Å². The Balaban J connectivity index is 2.01. The van der Waals surface area contributed by atoms with E-state index in [1.807, 2.05) is 24.3 Å². The summed E-state index contributed by atoms with van der Waals surface area (Å²) in [5.74, 6) is -1.41. The molecule has 2 amide bonds. The molecule has 1 heterocycles. The molecule has 0 radical (unpaired) electrons. The number of carbonyl (C=O) groups excluding carboxylic acids is 3. The van der Waals surface area contributed by atoms with E-state index in [0.29, 0.717) is 6.54 Å². The van der Waals surface area contributed by atoms with Crippen molar-refractivity contribution in [2.75, 3.05) is 25.1 Å². The predicted molar refractivity (Wildman–Crippen MR) is 79.6 cm³/mol. The largest absolute Gasteiger partial charge is 0.468 e. The monoisotopic (exact) mass is 354 g/mol. The van der Waals surface area contributed by atoms with Crippen LogP contribution in [0.4, 0.5) is 5.69 Å². The standard InChI is InChI=1S/C14H15BrN2O4/c1-21-13(19)7-16-14(20)9-6-12(18)17(8-9)11-5-3-2-4-10(11)15/h2-5,9H,6-8H2,1H3,(H,16,20)/t9-/m1/s1. The number of esters is 1. The fourth-order valence-electron chi connectivity index (χ4n) is 2.16. The third-order valence-electron chi connectivity index (χ3n) is 3.27. The molecule has 1 atom stereocenters. The van der Waals surface area contributed by atoms with Crippen LogP contribution < -0.4 is 10.2 Å². The van der Waals surface area contributed by atoms with E-state index in [-0.39, 0.29) is 24.8 Å². The molecule has 0 unspecified atom stereocenters. The molecule has 0 bridgehead atoms. The van der Waals surface area contributed by atoms with E-state index in [1.165, 1.54) is 7.11 Å². The number of ether oxygens (including phenoxy) is 1. The van der Waals surface area contributed by atoms with Crippen molar-refractivity contribution in [1.29, 1.82) is 0 Å². The molecular weight excluding hydrogens is 340 g/mol. The maximum atomic E-state index is 12.1. The second-order valence-corrected chi connectivity index (χ2v) is 5.51. The second-order valence-electron chi connectivity index (χ2n) is 4.65. The van der Waals surface area contributed by atoms with Gasteiger partial charge in [-0.3, -0.25) is 14.4 Å². The summed E-state index contributed by atoms with van der Waals surface area (Å²) in [6.45, 7) is 0.115. The van der Waals surface area contributed by atoms with Gasteiger partial charge >= 0.3 is 5.97 Å². The van der Waals surface area contributed by atoms with E-state index in [4.69, 9.17) is 0 Å². The number of carbonyl (C=O) groups is 3. The first-order valence-corrected chi connectivity index (χ1v) is 7.21. The minimum absolute atomic E-state index is 0.111. The third kappa shape index (κ3) is 3.60. The molecule has 1 aliphatic heterocycles. The molecule has 0 saturated carbocycles. The zero-order chi connectivity index (χ0) is 15.4. The molecule has 21 heavy (non-hydrogen) atoms. The average Bonchev–Trinajstić information content (AvgIpc) is 2.86. The number of amides is 2. The summed E-state index contributed by atoms with van der Waals surface area (Å²) in [6.07, 6.45) is 0.133. The van der Waals surface area contributed by atoms with Crippen LogP contribution in [0, 0.1) is 5.92 Å². The summed E-state index contributed by atoms with van der Waals surface area (Å²) in [5.41, 5.74) is 0.741. The van der Waals surface area contributed by atoms with Gasteiger partial charge in [0.15, 0.2) is 0 Å². The summed E-state index contributed by atoms with van der Waals surface area (Å²) in [5, 5.41) is 2.48. The van der Waals surface area contributed by atoms with Crippen LogP contribution in [0.3, 0.4) is 0 Å². The predicted octanol–water partition coefficient (Wildman–Crippen LogP) is 1.09. The van der Waals surface area contributed by atoms with Crippen molar-refractivity contribution in [3.05, 3.63) is 28.7 Å². The third-order valence-corrected chi connectivity index (χ3v) is 3.94. The summed E-state index contributed by atoms with van der Waals surface area (Å²) in [7, 11) is 1.25. The van der Waals surface area contributed by atoms with Crippen LogP contribution in [-0.2, 0) is 19.1 Å². The lowest BCUT2D eigenvalue weighted by Gasteiger charge is -2.18. The highest BCUT2D eigenvalue weighted by Crippen LogP contribution is 2.31. The van der Waals surface area contributed by atoms with Crippen molar-refractivity contribution >= 4 is 39.4 Å². The molecule has 0 aliphatic carbocycles. The Morgan fingerprint density at radius 3 is 2.81 bits per heavy atom. The van der Waals surface area contributed by atoms with Crippen molar-refractivity contribution in [2.45, 2.75) is 6.42 Å². The number of nitrogens with zero attached hydrogens (tertiary/aromatic N) is 1. The van der Waals surface area contributed by atoms with E-state index in [1.54, 1.807) is 4.90 Å². The van der Waals surface area contributed by atoms with Crippen LogP contribution in [0.1, 0.15) is 6.42 Å². The number of halogens is 1. The van der Waals surface area contributed by atoms with Crippen molar-refractivity contribution < 1.29 is 19.1 Å². The van der Waals surface area contributed by atoms with E-state index in [9.17, 15) is 14.4 Å². The van der Waals surface area contributed by atoms with Crippen molar-refractivity contribution in [2.24, 2.45) is 5.92 Å². The highest BCUT2D eigenvalue weighted by Gasteiger charge is 2.35. The van der Waals surface area contributed by atoms with Gasteiger partial charge in [0.05, 0.1) is 18.7 Å². The lowest BCUT2D eigenvalue weighted by atomic mass is 10.1. The fourth-order valence-corrected chi connectivity index (χ4v) is 2.66. The summed E-state index contributed by atoms with van der Waals surface area (Å²) < 4.78 is 5.25. The Morgan fingerprint density at radius 2 is 2.14 bits per heavy atom. The lowest BCUT2D eigenvalue weighted by Crippen LogP contribution is -2.36. The SMILES string of the molecule is COC(=O)CNC(=O)[C@@H]1CC(=O)N(c2ccccc2Br)C1. The first-order valence-electron chi connectivity index (χ1n) is 6.42. The van der Waals surface area contributed by atoms with Crippen LogP contribution in [0.15, 0.2) is 28.7 Å². The van der Waals surface area contributed by atoms with Crippen molar-refractivity contribution in [3.8, 4) is 0 Å². The number of para-hydroxylation sites is 1. The molecule has 1 N–H and O–H groups in total. The smallest absolute Gasteiger partial charge is 0.325 e. The van der Waals surface area contributed by atoms with E-state index in [0.717, 1.165) is 10.2 Å². The quantitative estimate of drug-likeness (QED) is 0.821. The van der Waals surface area contributed by atoms with Gasteiger partial charge in [-0.1, -0.05) is 12.1 Å². The molecule has 112 valence electrons. The molecular formula is C14H15BrN2O4. The van der Waals surface area contributed by atoms with Crippen LogP contribution in [0.25, 0.3) is 0 Å². The van der Waals surface area contributed by atoms with Gasteiger partial charge in [-0.05, 0) is 28.1 Å². The minimum Gasteiger partial charge on any atom is -0.468 e. The lowest BCUT2D eigenvalue weighted by molar-refractivity contribution is -0.141. The molecule has 0 spiro atoms. The number of hydrogen-bond donors (Lipinski definition) is 1. The first kappa shape index (κ1) is 15.5. The molecule has 1 fully saturated rings. The zero-order valence-corrected chi connectivity index (χ0v) is 13.1. The maximum absolute atomic E-state index is 12.1. The molecule has 2 rings (SSSR count). The van der Waals surface area contributed by atoms with Crippen LogP contribution in [-0.4, -0.2) is 38.0 Å². The van der Waals surface area contributed by atoms with Crippen LogP contribution >= 0.6 is 15.9 Å². The van der Waals surface area contributed by atoms with Crippen LogP contribution in [0.5, 0.6) is 0 Å². The number of anilines is 1. The van der Waals surface area contributed by atoms with E-state index >= 15 is 0 Å². The van der Waals surface area contributed by atoms with Gasteiger partial charge in [-0.15, -0.1) is 0 Å². The Bertz CT molecular complexity index is 576. The van der Waals surface area contributed by atoms with E-state index in [2.05, 4.69) is 26.0 Å². The molecule has 1 aliphatic rings. The summed E-state index contributed by atoms with van der Waals surface area (Å²) in [6, 6.07) is 7.34. The Hall–Kier alpha value is -1.89. The minimum atomic E-state index is -0.518. The Labute approximate surface area is 130 Å². The van der Waals surface area contributed by atoms with Crippen LogP contribution in [0.2, 0.25) is 0 Å². The summed E-state index contributed by atoms with van der Waals surface area (Å²) >= 11 is 3.39. The molecule has 6 nitrogen and oxygen atoms in total. The molecule has 1 aromatic rings. The normalized spacial score (nSPS) is 17.7. The highest BCUT2D eigenvalue weighted by atomic mass is 79.9. The second kappa shape index (κ2) is 6.71. The fraction of sp³-hybridized carbons (Fsp3) is 0.357. The van der Waals surface area contributed by atoms with Gasteiger partial charge in [0.1, 0.15) is 6.54 Å². The number of methoxy groups -OCH3 is 1. The molecule has 0 aromatic heterocycles.